The molecule has 0 spiro atoms. The number of aryl methyl sites for hydroxylation is 1. The molecule has 2 amide bonds. The summed E-state index contributed by atoms with van der Waals surface area (Å²) >= 11 is 0. The van der Waals surface area contributed by atoms with E-state index in [0.29, 0.717) is 13.1 Å². The van der Waals surface area contributed by atoms with Crippen molar-refractivity contribution in [1.29, 1.82) is 0 Å². The van der Waals surface area contributed by atoms with Crippen molar-refractivity contribution in [2.24, 2.45) is 24.8 Å². The van der Waals surface area contributed by atoms with Crippen molar-refractivity contribution in [1.82, 2.24) is 14.8 Å². The fraction of sp³-hybridized carbons (Fsp3) is 0.630. The van der Waals surface area contributed by atoms with E-state index in [-0.39, 0.29) is 23.8 Å². The number of likely N-dealkylation sites (tertiary alicyclic amines) is 1. The monoisotopic (exact) mass is 449 g/mol. The second-order valence-corrected chi connectivity index (χ2v) is 10.7. The van der Waals surface area contributed by atoms with Gasteiger partial charge < -0.3 is 19.5 Å². The molecule has 6 rings (SSSR count). The first-order valence-electron chi connectivity index (χ1n) is 12.9. The lowest BCUT2D eigenvalue weighted by atomic mass is 9.75. The van der Waals surface area contributed by atoms with Gasteiger partial charge in [-0.15, -0.1) is 0 Å². The Balaban J connectivity index is 1.21. The molecule has 33 heavy (non-hydrogen) atoms. The minimum Gasteiger partial charge on any atom is -0.381 e. The average molecular weight is 450 g/mol. The van der Waals surface area contributed by atoms with Gasteiger partial charge in [0.25, 0.3) is 5.91 Å². The molecule has 1 N–H and O–H groups in total. The Bertz CT molecular complexity index is 1080. The van der Waals surface area contributed by atoms with Crippen molar-refractivity contribution >= 4 is 22.7 Å². The number of nitrogens with one attached hydrogen (secondary N) is 1. The fourth-order valence-corrected chi connectivity index (χ4v) is 6.44. The van der Waals surface area contributed by atoms with Gasteiger partial charge in [0.2, 0.25) is 5.91 Å². The number of nitrogens with zero attached hydrogens (tertiary/aromatic N) is 2. The molecule has 1 saturated carbocycles. The van der Waals surface area contributed by atoms with Crippen molar-refractivity contribution in [3.63, 3.8) is 0 Å². The zero-order valence-corrected chi connectivity index (χ0v) is 19.6. The quantitative estimate of drug-likeness (QED) is 0.778. The number of amides is 2. The van der Waals surface area contributed by atoms with E-state index in [1.54, 1.807) is 0 Å². The number of benzene rings is 1. The van der Waals surface area contributed by atoms with E-state index >= 15 is 0 Å². The Labute approximate surface area is 195 Å². The van der Waals surface area contributed by atoms with Gasteiger partial charge in [-0.2, -0.15) is 0 Å². The highest BCUT2D eigenvalue weighted by atomic mass is 16.5. The summed E-state index contributed by atoms with van der Waals surface area (Å²) in [6.07, 6.45) is 8.74. The van der Waals surface area contributed by atoms with Crippen LogP contribution < -0.4 is 5.32 Å². The molecule has 176 valence electrons. The smallest absolute Gasteiger partial charge is 0.253 e. The zero-order chi connectivity index (χ0) is 22.5. The minimum absolute atomic E-state index is 0.0921. The van der Waals surface area contributed by atoms with Crippen LogP contribution in [0, 0.1) is 17.8 Å². The van der Waals surface area contributed by atoms with Crippen molar-refractivity contribution in [3.05, 3.63) is 35.0 Å². The lowest BCUT2D eigenvalue weighted by molar-refractivity contribution is -0.122. The number of ether oxygens (including phenoxy) is 1. The Morgan fingerprint density at radius 2 is 1.85 bits per heavy atom. The summed E-state index contributed by atoms with van der Waals surface area (Å²) in [5.74, 6) is 1.96. The van der Waals surface area contributed by atoms with Crippen LogP contribution in [0.25, 0.3) is 10.9 Å². The summed E-state index contributed by atoms with van der Waals surface area (Å²) in [5.41, 5.74) is 4.92. The summed E-state index contributed by atoms with van der Waals surface area (Å²) in [6.45, 7) is 3.14. The third-order valence-corrected chi connectivity index (χ3v) is 8.60. The van der Waals surface area contributed by atoms with Gasteiger partial charge >= 0.3 is 0 Å². The molecule has 2 aliphatic carbocycles. The third-order valence-electron chi connectivity index (χ3n) is 8.60. The molecule has 6 nitrogen and oxygen atoms in total. The molecule has 0 bridgehead atoms. The number of carbonyl (C=O) groups excluding carboxylic acids is 2. The number of aromatic nitrogens is 1. The molecule has 1 aromatic carbocycles. The van der Waals surface area contributed by atoms with Crippen LogP contribution >= 0.6 is 0 Å². The largest absolute Gasteiger partial charge is 0.381 e. The van der Waals surface area contributed by atoms with Gasteiger partial charge in [0.15, 0.2) is 0 Å². The molecule has 2 aliphatic heterocycles. The molecule has 2 aromatic rings. The van der Waals surface area contributed by atoms with Gasteiger partial charge in [0.05, 0.1) is 0 Å². The Morgan fingerprint density at radius 3 is 2.64 bits per heavy atom. The van der Waals surface area contributed by atoms with Gasteiger partial charge in [-0.25, -0.2) is 0 Å². The van der Waals surface area contributed by atoms with Crippen LogP contribution in [0.5, 0.6) is 0 Å². The predicted molar refractivity (Wildman–Crippen MR) is 127 cm³/mol. The number of carbonyl (C=O) groups is 2. The van der Waals surface area contributed by atoms with E-state index in [4.69, 9.17) is 4.74 Å². The van der Waals surface area contributed by atoms with Gasteiger partial charge in [-0.1, -0.05) is 0 Å². The van der Waals surface area contributed by atoms with Gasteiger partial charge in [-0.3, -0.25) is 9.59 Å². The lowest BCUT2D eigenvalue weighted by Crippen LogP contribution is -2.39. The maximum Gasteiger partial charge on any atom is 0.253 e. The van der Waals surface area contributed by atoms with Crippen LogP contribution in [0.4, 0.5) is 0 Å². The van der Waals surface area contributed by atoms with Gasteiger partial charge in [-0.05, 0) is 87.0 Å². The van der Waals surface area contributed by atoms with Crippen molar-refractivity contribution in [2.45, 2.75) is 57.4 Å². The van der Waals surface area contributed by atoms with E-state index in [0.717, 1.165) is 62.7 Å². The number of fused-ring (bicyclic) bond motifs is 3. The second kappa shape index (κ2) is 8.46. The van der Waals surface area contributed by atoms with Crippen LogP contribution in [0.1, 0.15) is 60.1 Å². The SMILES string of the molecule is Cn1c2c(c3cc(C(=O)N4CC[C@H](NC(=O)C5CC5)C4)ccc31)CC(C1CCOCC1)CC2. The summed E-state index contributed by atoms with van der Waals surface area (Å²) in [7, 11) is 2.17. The average Bonchev–Trinajstić information content (AvgIpc) is 3.55. The van der Waals surface area contributed by atoms with E-state index in [2.05, 4.69) is 29.1 Å². The highest BCUT2D eigenvalue weighted by molar-refractivity contribution is 5.99. The maximum absolute atomic E-state index is 13.3. The summed E-state index contributed by atoms with van der Waals surface area (Å²) in [5, 5.41) is 4.40. The van der Waals surface area contributed by atoms with E-state index in [1.807, 2.05) is 11.0 Å². The summed E-state index contributed by atoms with van der Waals surface area (Å²) < 4.78 is 7.94. The van der Waals surface area contributed by atoms with Crippen LogP contribution in [0.15, 0.2) is 18.2 Å². The molecule has 2 saturated heterocycles. The topological polar surface area (TPSA) is 63.6 Å². The predicted octanol–water partition coefficient (Wildman–Crippen LogP) is 3.45. The van der Waals surface area contributed by atoms with Crippen molar-refractivity contribution in [2.75, 3.05) is 26.3 Å². The molecule has 4 aliphatic rings. The second-order valence-electron chi connectivity index (χ2n) is 10.7. The van der Waals surface area contributed by atoms with Gasteiger partial charge in [0, 0.05) is 67.5 Å². The first kappa shape index (κ1) is 21.2. The third kappa shape index (κ3) is 3.96. The number of rotatable bonds is 4. The standard InChI is InChI=1S/C27H35N3O3/c1-29-24-6-4-19(17-9-12-33-13-10-17)14-22(24)23-15-20(5-7-25(23)29)27(32)30-11-8-21(16-30)28-26(31)18-2-3-18/h5,7,15,17-19,21H,2-4,6,8-14,16H2,1H3,(H,28,31)/t19?,21-/m0/s1. The molecule has 6 heteroatoms. The molecule has 2 atom stereocenters. The van der Waals surface area contributed by atoms with E-state index in [9.17, 15) is 9.59 Å². The van der Waals surface area contributed by atoms with E-state index < -0.39 is 0 Å². The maximum atomic E-state index is 13.3. The fourth-order valence-electron chi connectivity index (χ4n) is 6.44. The van der Waals surface area contributed by atoms with Crippen LogP contribution in [-0.2, 0) is 29.4 Å². The summed E-state index contributed by atoms with van der Waals surface area (Å²) in [4.78, 5) is 27.4. The number of hydrogen-bond acceptors (Lipinski definition) is 3. The van der Waals surface area contributed by atoms with Crippen molar-refractivity contribution < 1.29 is 14.3 Å². The zero-order valence-electron chi connectivity index (χ0n) is 19.6. The van der Waals surface area contributed by atoms with Crippen LogP contribution in [0.2, 0.25) is 0 Å². The Hall–Kier alpha value is -2.34. The van der Waals surface area contributed by atoms with Gasteiger partial charge in [0.1, 0.15) is 0 Å². The molecule has 3 fully saturated rings. The highest BCUT2D eigenvalue weighted by Crippen LogP contribution is 2.39. The highest BCUT2D eigenvalue weighted by Gasteiger charge is 2.35. The molecule has 0 radical (unpaired) electrons. The molecule has 1 aromatic heterocycles. The normalized spacial score (nSPS) is 25.9. The molecule has 3 heterocycles. The molecule has 1 unspecified atom stereocenters. The first-order chi connectivity index (χ1) is 16.1. The van der Waals surface area contributed by atoms with Crippen LogP contribution in [0.3, 0.4) is 0 Å². The van der Waals surface area contributed by atoms with E-state index in [1.165, 1.54) is 41.4 Å². The van der Waals surface area contributed by atoms with Crippen molar-refractivity contribution in [3.8, 4) is 0 Å². The Kier molecular flexibility index (Phi) is 5.44. The Morgan fingerprint density at radius 1 is 1.03 bits per heavy atom. The molecular formula is C27H35N3O3. The molecular weight excluding hydrogens is 414 g/mol. The lowest BCUT2D eigenvalue weighted by Gasteiger charge is -2.33. The minimum atomic E-state index is 0.0921. The summed E-state index contributed by atoms with van der Waals surface area (Å²) in [6, 6.07) is 6.35. The first-order valence-corrected chi connectivity index (χ1v) is 12.9. The number of hydrogen-bond donors (Lipinski definition) is 1. The van der Waals surface area contributed by atoms with Crippen LogP contribution in [-0.4, -0.2) is 53.6 Å².